The summed E-state index contributed by atoms with van der Waals surface area (Å²) in [5.41, 5.74) is 6.67. The van der Waals surface area contributed by atoms with E-state index >= 15 is 0 Å². The average molecular weight is 583 g/mol. The van der Waals surface area contributed by atoms with Crippen molar-refractivity contribution >= 4 is 21.5 Å². The molecule has 4 heteroatoms. The van der Waals surface area contributed by atoms with Crippen molar-refractivity contribution in [2.24, 2.45) is 0 Å². The molecule has 0 amide bonds. The van der Waals surface area contributed by atoms with Crippen LogP contribution in [0, 0.1) is 0 Å². The molecule has 0 heterocycles. The van der Waals surface area contributed by atoms with Crippen molar-refractivity contribution in [3.05, 3.63) is 121 Å². The summed E-state index contributed by atoms with van der Waals surface area (Å²) in [7, 11) is 0. The van der Waals surface area contributed by atoms with Crippen LogP contribution in [0.15, 0.2) is 121 Å². The van der Waals surface area contributed by atoms with Crippen molar-refractivity contribution in [3.63, 3.8) is 0 Å². The average Bonchev–Trinajstić information content (AvgIpc) is 3.08. The third-order valence-electron chi connectivity index (χ3n) is 8.05. The SMILES string of the molecule is OCCCCOc1ccc2cc(-c3ccccc3)ccc2c1-c1c(OCCCCO)ccc2cc(-c3ccccc3)ccc12. The summed E-state index contributed by atoms with van der Waals surface area (Å²) in [4.78, 5) is 0. The normalized spacial score (nSPS) is 11.2. The topological polar surface area (TPSA) is 58.9 Å². The molecule has 0 fully saturated rings. The molecule has 222 valence electrons. The molecule has 0 aliphatic rings. The van der Waals surface area contributed by atoms with Crippen LogP contribution in [0.1, 0.15) is 25.7 Å². The molecule has 0 radical (unpaired) electrons. The number of fused-ring (bicyclic) bond motifs is 2. The zero-order valence-electron chi connectivity index (χ0n) is 24.9. The fraction of sp³-hybridized carbons (Fsp3) is 0.200. The standard InChI is InChI=1S/C40H38O4/c41-23-7-9-25-43-37-21-17-33-27-31(29-11-3-1-4-12-29)15-19-35(33)39(37)40-36-20-16-32(30-13-5-2-6-14-30)28-34(36)18-22-38(40)44-26-10-8-24-42/h1-6,11-22,27-28,41-42H,7-10,23-26H2. The summed E-state index contributed by atoms with van der Waals surface area (Å²) >= 11 is 0. The van der Waals surface area contributed by atoms with E-state index in [1.54, 1.807) is 0 Å². The van der Waals surface area contributed by atoms with Gasteiger partial charge in [-0.3, -0.25) is 0 Å². The molecule has 6 aromatic carbocycles. The van der Waals surface area contributed by atoms with Crippen LogP contribution in [0.25, 0.3) is 54.9 Å². The summed E-state index contributed by atoms with van der Waals surface area (Å²) < 4.78 is 12.9. The number of aliphatic hydroxyl groups is 2. The smallest absolute Gasteiger partial charge is 0.127 e. The number of benzene rings is 6. The minimum Gasteiger partial charge on any atom is -0.493 e. The largest absolute Gasteiger partial charge is 0.493 e. The van der Waals surface area contributed by atoms with E-state index in [1.165, 1.54) is 11.1 Å². The van der Waals surface area contributed by atoms with Gasteiger partial charge in [-0.2, -0.15) is 0 Å². The van der Waals surface area contributed by atoms with Gasteiger partial charge in [0.1, 0.15) is 11.5 Å². The Morgan fingerprint density at radius 3 is 1.25 bits per heavy atom. The highest BCUT2D eigenvalue weighted by atomic mass is 16.5. The lowest BCUT2D eigenvalue weighted by Crippen LogP contribution is -2.03. The predicted molar refractivity (Wildman–Crippen MR) is 181 cm³/mol. The Balaban J connectivity index is 1.55. The molecule has 0 saturated heterocycles. The minimum atomic E-state index is 0.148. The first-order valence-corrected chi connectivity index (χ1v) is 15.5. The van der Waals surface area contributed by atoms with Crippen LogP contribution in [-0.4, -0.2) is 36.6 Å². The predicted octanol–water partition coefficient (Wildman–Crippen LogP) is 9.30. The number of unbranched alkanes of at least 4 members (excludes halogenated alkanes) is 2. The van der Waals surface area contributed by atoms with Crippen LogP contribution in [-0.2, 0) is 0 Å². The molecule has 0 spiro atoms. The summed E-state index contributed by atoms with van der Waals surface area (Å²) in [5, 5.41) is 23.1. The highest BCUT2D eigenvalue weighted by molar-refractivity contribution is 6.11. The van der Waals surface area contributed by atoms with Crippen molar-refractivity contribution in [2.75, 3.05) is 26.4 Å². The third kappa shape index (κ3) is 6.47. The first-order valence-electron chi connectivity index (χ1n) is 15.5. The summed E-state index contributed by atoms with van der Waals surface area (Å²) in [6.07, 6.45) is 2.92. The van der Waals surface area contributed by atoms with Gasteiger partial charge in [-0.05, 0) is 93.7 Å². The Bertz CT molecular complexity index is 1690. The van der Waals surface area contributed by atoms with Crippen molar-refractivity contribution in [2.45, 2.75) is 25.7 Å². The molecule has 6 rings (SSSR count). The second-order valence-electron chi connectivity index (χ2n) is 11.0. The highest BCUT2D eigenvalue weighted by Crippen LogP contribution is 2.46. The van der Waals surface area contributed by atoms with E-state index in [1.807, 2.05) is 12.1 Å². The van der Waals surface area contributed by atoms with Gasteiger partial charge < -0.3 is 19.7 Å². The van der Waals surface area contributed by atoms with Gasteiger partial charge in [0, 0.05) is 24.3 Å². The summed E-state index contributed by atoms with van der Waals surface area (Å²) in [6.45, 7) is 1.32. The zero-order chi connectivity index (χ0) is 30.1. The molecular weight excluding hydrogens is 544 g/mol. The van der Waals surface area contributed by atoms with Crippen LogP contribution in [0.5, 0.6) is 11.5 Å². The van der Waals surface area contributed by atoms with Crippen LogP contribution >= 0.6 is 0 Å². The third-order valence-corrected chi connectivity index (χ3v) is 8.05. The molecule has 0 saturated carbocycles. The number of rotatable bonds is 13. The van der Waals surface area contributed by atoms with Crippen molar-refractivity contribution in [1.82, 2.24) is 0 Å². The Morgan fingerprint density at radius 2 is 0.841 bits per heavy atom. The molecule has 2 N–H and O–H groups in total. The van der Waals surface area contributed by atoms with E-state index in [-0.39, 0.29) is 13.2 Å². The maximum atomic E-state index is 9.35. The molecule has 44 heavy (non-hydrogen) atoms. The molecule has 0 unspecified atom stereocenters. The van der Waals surface area contributed by atoms with Crippen LogP contribution in [0.4, 0.5) is 0 Å². The fourth-order valence-corrected chi connectivity index (χ4v) is 5.79. The van der Waals surface area contributed by atoms with Crippen LogP contribution in [0.2, 0.25) is 0 Å². The van der Waals surface area contributed by atoms with Crippen molar-refractivity contribution in [3.8, 4) is 44.9 Å². The second-order valence-corrected chi connectivity index (χ2v) is 11.0. The van der Waals surface area contributed by atoms with Gasteiger partial charge in [-0.25, -0.2) is 0 Å². The van der Waals surface area contributed by atoms with Gasteiger partial charge in [0.25, 0.3) is 0 Å². The van der Waals surface area contributed by atoms with E-state index < -0.39 is 0 Å². The molecule has 0 aliphatic carbocycles. The van der Waals surface area contributed by atoms with Gasteiger partial charge in [-0.15, -0.1) is 0 Å². The van der Waals surface area contributed by atoms with Gasteiger partial charge in [-0.1, -0.05) is 97.1 Å². The maximum absolute atomic E-state index is 9.35. The van der Waals surface area contributed by atoms with Gasteiger partial charge in [0.05, 0.1) is 13.2 Å². The van der Waals surface area contributed by atoms with Crippen molar-refractivity contribution < 1.29 is 19.7 Å². The number of ether oxygens (including phenoxy) is 2. The van der Waals surface area contributed by atoms with Crippen molar-refractivity contribution in [1.29, 1.82) is 0 Å². The first kappa shape index (κ1) is 29.4. The molecule has 6 aromatic rings. The number of hydrogen-bond acceptors (Lipinski definition) is 4. The fourth-order valence-electron chi connectivity index (χ4n) is 5.79. The van der Waals surface area contributed by atoms with Gasteiger partial charge >= 0.3 is 0 Å². The second kappa shape index (κ2) is 14.2. The van der Waals surface area contributed by atoms with Gasteiger partial charge in [0.15, 0.2) is 0 Å². The molecule has 4 nitrogen and oxygen atoms in total. The highest BCUT2D eigenvalue weighted by Gasteiger charge is 2.20. The Morgan fingerprint density at radius 1 is 0.409 bits per heavy atom. The Hall–Kier alpha value is -4.64. The molecule has 0 aliphatic heterocycles. The molecule has 0 bridgehead atoms. The van der Waals surface area contributed by atoms with Crippen LogP contribution in [0.3, 0.4) is 0 Å². The lowest BCUT2D eigenvalue weighted by atomic mass is 9.90. The summed E-state index contributed by atoms with van der Waals surface area (Å²) in [6, 6.07) is 42.5. The zero-order valence-corrected chi connectivity index (χ0v) is 24.9. The van der Waals surface area contributed by atoms with Gasteiger partial charge in [0.2, 0.25) is 0 Å². The quantitative estimate of drug-likeness (QED) is 0.133. The van der Waals surface area contributed by atoms with Crippen LogP contribution < -0.4 is 9.47 Å². The number of hydrogen-bond donors (Lipinski definition) is 2. The molecular formula is C40H38O4. The maximum Gasteiger partial charge on any atom is 0.127 e. The minimum absolute atomic E-state index is 0.148. The lowest BCUT2D eigenvalue weighted by Gasteiger charge is -2.20. The number of aliphatic hydroxyl groups excluding tert-OH is 2. The Kier molecular flexibility index (Phi) is 9.51. The first-order chi connectivity index (χ1) is 21.8. The van der Waals surface area contributed by atoms with E-state index in [2.05, 4.69) is 109 Å². The Labute approximate surface area is 259 Å². The van der Waals surface area contributed by atoms with E-state index in [0.717, 1.165) is 68.1 Å². The van der Waals surface area contributed by atoms with E-state index in [0.29, 0.717) is 26.1 Å². The molecule has 0 atom stereocenters. The van der Waals surface area contributed by atoms with E-state index in [4.69, 9.17) is 9.47 Å². The lowest BCUT2D eigenvalue weighted by molar-refractivity contribution is 0.252. The summed E-state index contributed by atoms with van der Waals surface area (Å²) in [5.74, 6) is 1.59. The molecule has 0 aromatic heterocycles. The van der Waals surface area contributed by atoms with E-state index in [9.17, 15) is 10.2 Å². The monoisotopic (exact) mass is 582 g/mol.